The Morgan fingerprint density at radius 2 is 1.71 bits per heavy atom. The summed E-state index contributed by atoms with van der Waals surface area (Å²) in [5.74, 6) is 7.27. The molecule has 0 N–H and O–H groups in total. The van der Waals surface area contributed by atoms with Gasteiger partial charge in [0.15, 0.2) is 0 Å². The van der Waals surface area contributed by atoms with Crippen LogP contribution >= 0.6 is 0 Å². The van der Waals surface area contributed by atoms with E-state index in [1.165, 1.54) is 5.25 Å². The van der Waals surface area contributed by atoms with E-state index in [0.29, 0.717) is 0 Å². The van der Waals surface area contributed by atoms with Crippen molar-refractivity contribution in [3.05, 3.63) is 6.92 Å². The van der Waals surface area contributed by atoms with Gasteiger partial charge in [-0.05, 0) is 0 Å². The third kappa shape index (κ3) is 6.54. The first-order valence-corrected chi connectivity index (χ1v) is 10.6. The van der Waals surface area contributed by atoms with E-state index >= 15 is 0 Å². The summed E-state index contributed by atoms with van der Waals surface area (Å²) >= 11 is -1.14. The molecule has 0 fully saturated rings. The number of rotatable bonds is 2. The van der Waals surface area contributed by atoms with Crippen LogP contribution < -0.4 is 0 Å². The standard InChI is InChI=1S/C6H15Ge/c1-5-6-7(2,3)4/h1,5-6H2,2-4H3. The van der Waals surface area contributed by atoms with E-state index in [0.717, 1.165) is 6.42 Å². The van der Waals surface area contributed by atoms with Crippen molar-refractivity contribution < 1.29 is 0 Å². The van der Waals surface area contributed by atoms with E-state index < -0.39 is 13.3 Å². The fraction of sp³-hybridized carbons (Fsp3) is 0.833. The van der Waals surface area contributed by atoms with Gasteiger partial charge in [-0.3, -0.25) is 0 Å². The summed E-state index contributed by atoms with van der Waals surface area (Å²) in [5.41, 5.74) is 0. The molecule has 0 aromatic rings. The summed E-state index contributed by atoms with van der Waals surface area (Å²) < 4.78 is 0. The molecule has 0 heterocycles. The fourth-order valence-electron chi connectivity index (χ4n) is 0.530. The van der Waals surface area contributed by atoms with Gasteiger partial charge in [0.05, 0.1) is 0 Å². The van der Waals surface area contributed by atoms with Gasteiger partial charge < -0.3 is 0 Å². The first kappa shape index (κ1) is 7.54. The Bertz CT molecular complexity index is 42.6. The molecule has 0 aliphatic heterocycles. The molecular weight excluding hydrogens is 145 g/mol. The van der Waals surface area contributed by atoms with Crippen LogP contribution in [0.25, 0.3) is 0 Å². The summed E-state index contributed by atoms with van der Waals surface area (Å²) in [6.45, 7) is 3.82. The van der Waals surface area contributed by atoms with Crippen LogP contribution in [0.1, 0.15) is 6.42 Å². The van der Waals surface area contributed by atoms with Gasteiger partial charge in [-0.25, -0.2) is 0 Å². The fourth-order valence-corrected chi connectivity index (χ4v) is 2.76. The average molecular weight is 160 g/mol. The second-order valence-corrected chi connectivity index (χ2v) is 15.0. The van der Waals surface area contributed by atoms with Crippen LogP contribution in [-0.2, 0) is 0 Å². The van der Waals surface area contributed by atoms with Crippen molar-refractivity contribution in [3.8, 4) is 0 Å². The Morgan fingerprint density at radius 3 is 1.71 bits per heavy atom. The normalized spacial score (nSPS) is 12.0. The molecule has 0 atom stereocenters. The molecule has 1 heteroatoms. The van der Waals surface area contributed by atoms with Crippen LogP contribution in [0.5, 0.6) is 0 Å². The predicted octanol–water partition coefficient (Wildman–Crippen LogP) is 2.55. The number of hydrogen-bond acceptors (Lipinski definition) is 0. The zero-order chi connectivity index (χ0) is 5.91. The molecule has 0 spiro atoms. The van der Waals surface area contributed by atoms with Gasteiger partial charge in [0.25, 0.3) is 0 Å². The molecule has 43 valence electrons. The quantitative estimate of drug-likeness (QED) is 0.544. The average Bonchev–Trinajstić information content (AvgIpc) is 1.30. The van der Waals surface area contributed by atoms with Crippen LogP contribution in [0.2, 0.25) is 22.5 Å². The Labute approximate surface area is 49.7 Å². The van der Waals surface area contributed by atoms with E-state index in [1.807, 2.05) is 0 Å². The maximum absolute atomic E-state index is 3.82. The minimum absolute atomic E-state index is 1.14. The zero-order valence-corrected chi connectivity index (χ0v) is 7.72. The molecule has 0 bridgehead atoms. The molecule has 7 heavy (non-hydrogen) atoms. The summed E-state index contributed by atoms with van der Waals surface area (Å²) in [5, 5.41) is 1.42. The summed E-state index contributed by atoms with van der Waals surface area (Å²) in [4.78, 5) is 0. The molecule has 0 saturated carbocycles. The monoisotopic (exact) mass is 161 g/mol. The van der Waals surface area contributed by atoms with Crippen molar-refractivity contribution in [3.63, 3.8) is 0 Å². The van der Waals surface area contributed by atoms with E-state index in [1.54, 1.807) is 0 Å². The molecule has 0 aliphatic rings. The van der Waals surface area contributed by atoms with Gasteiger partial charge in [-0.1, -0.05) is 0 Å². The van der Waals surface area contributed by atoms with Crippen LogP contribution in [0.4, 0.5) is 0 Å². The number of hydrogen-bond donors (Lipinski definition) is 0. The van der Waals surface area contributed by atoms with E-state index in [4.69, 9.17) is 0 Å². The van der Waals surface area contributed by atoms with Gasteiger partial charge in [0, 0.05) is 0 Å². The van der Waals surface area contributed by atoms with Crippen molar-refractivity contribution in [1.82, 2.24) is 0 Å². The van der Waals surface area contributed by atoms with Crippen molar-refractivity contribution in [1.29, 1.82) is 0 Å². The van der Waals surface area contributed by atoms with Crippen molar-refractivity contribution in [2.24, 2.45) is 0 Å². The second-order valence-electron chi connectivity index (χ2n) is 3.16. The molecule has 0 aromatic heterocycles. The molecule has 0 aromatic carbocycles. The van der Waals surface area contributed by atoms with Crippen molar-refractivity contribution >= 4 is 13.3 Å². The Kier molecular flexibility index (Phi) is 2.97. The maximum atomic E-state index is 3.82. The van der Waals surface area contributed by atoms with Crippen LogP contribution in [0.3, 0.4) is 0 Å². The van der Waals surface area contributed by atoms with Gasteiger partial charge in [0.2, 0.25) is 0 Å². The molecular formula is C6H15Ge. The molecule has 0 aliphatic carbocycles. The molecule has 0 amide bonds. The summed E-state index contributed by atoms with van der Waals surface area (Å²) in [6.07, 6.45) is 1.14. The molecule has 0 unspecified atom stereocenters. The van der Waals surface area contributed by atoms with Crippen LogP contribution in [0, 0.1) is 6.92 Å². The molecule has 0 saturated heterocycles. The van der Waals surface area contributed by atoms with Crippen molar-refractivity contribution in [2.45, 2.75) is 28.9 Å². The van der Waals surface area contributed by atoms with Crippen LogP contribution in [-0.4, -0.2) is 13.3 Å². The van der Waals surface area contributed by atoms with Gasteiger partial charge in [-0.15, -0.1) is 0 Å². The Morgan fingerprint density at radius 1 is 1.29 bits per heavy atom. The van der Waals surface area contributed by atoms with E-state index in [-0.39, 0.29) is 0 Å². The third-order valence-electron chi connectivity index (χ3n) is 0.927. The second kappa shape index (κ2) is 2.75. The topological polar surface area (TPSA) is 0 Å². The van der Waals surface area contributed by atoms with Gasteiger partial charge in [0.1, 0.15) is 0 Å². The summed E-state index contributed by atoms with van der Waals surface area (Å²) in [6, 6.07) is 0. The molecule has 0 rings (SSSR count). The summed E-state index contributed by atoms with van der Waals surface area (Å²) in [7, 11) is 0. The Balaban J connectivity index is 3.15. The SMILES string of the molecule is [CH2]C[CH2][Ge]([CH3])([CH3])[CH3]. The zero-order valence-electron chi connectivity index (χ0n) is 5.62. The van der Waals surface area contributed by atoms with E-state index in [2.05, 4.69) is 24.2 Å². The molecule has 0 nitrogen and oxygen atoms in total. The van der Waals surface area contributed by atoms with E-state index in [9.17, 15) is 0 Å². The molecule has 1 radical (unpaired) electrons. The van der Waals surface area contributed by atoms with Crippen molar-refractivity contribution in [2.75, 3.05) is 0 Å². The third-order valence-corrected chi connectivity index (χ3v) is 4.82. The Hall–Kier alpha value is 0.543. The minimum atomic E-state index is -1.14. The first-order valence-electron chi connectivity index (χ1n) is 2.85. The predicted molar refractivity (Wildman–Crippen MR) is 38.1 cm³/mol. The first-order chi connectivity index (χ1) is 3.06. The van der Waals surface area contributed by atoms with Gasteiger partial charge >= 0.3 is 49.1 Å². The van der Waals surface area contributed by atoms with Crippen LogP contribution in [0.15, 0.2) is 0 Å². The van der Waals surface area contributed by atoms with Gasteiger partial charge in [-0.2, -0.15) is 0 Å².